The van der Waals surface area contributed by atoms with Crippen LogP contribution in [0.25, 0.3) is 0 Å². The summed E-state index contributed by atoms with van der Waals surface area (Å²) in [6.45, 7) is 7.07. The molecule has 4 rings (SSSR count). The third-order valence-corrected chi connectivity index (χ3v) is 8.61. The molecule has 7 nitrogen and oxygen atoms in total. The number of sulfonamides is 1. The first-order valence-corrected chi connectivity index (χ1v) is 12.0. The normalized spacial score (nSPS) is 23.7. The van der Waals surface area contributed by atoms with E-state index in [9.17, 15) is 13.2 Å². The summed E-state index contributed by atoms with van der Waals surface area (Å²) in [5.41, 5.74) is 0.956. The van der Waals surface area contributed by atoms with Gasteiger partial charge in [0.15, 0.2) is 0 Å². The first-order valence-electron chi connectivity index (χ1n) is 10.6. The highest BCUT2D eigenvalue weighted by molar-refractivity contribution is 7.89. The lowest BCUT2D eigenvalue weighted by atomic mass is 9.87. The van der Waals surface area contributed by atoms with Crippen LogP contribution in [0.5, 0.6) is 0 Å². The predicted octanol–water partition coefficient (Wildman–Crippen LogP) is 2.54. The Bertz CT molecular complexity index is 839. The number of rotatable bonds is 4. The number of carbonyl (C=O) groups is 1. The van der Waals surface area contributed by atoms with Crippen LogP contribution >= 0.6 is 0 Å². The molecule has 160 valence electrons. The summed E-state index contributed by atoms with van der Waals surface area (Å²) < 4.78 is 33.2. The van der Waals surface area contributed by atoms with Crippen LogP contribution in [0.2, 0.25) is 0 Å². The lowest BCUT2D eigenvalue weighted by molar-refractivity contribution is -0.0121. The molecule has 3 fully saturated rings. The van der Waals surface area contributed by atoms with Crippen molar-refractivity contribution >= 4 is 16.1 Å². The third kappa shape index (κ3) is 3.78. The lowest BCUT2D eigenvalue weighted by Gasteiger charge is -2.46. The average molecular weight is 422 g/mol. The maximum atomic E-state index is 13.1. The summed E-state index contributed by atoms with van der Waals surface area (Å²) in [6, 6.07) is 7.27. The molecule has 0 radical (unpaired) electrons. The van der Waals surface area contributed by atoms with Gasteiger partial charge < -0.3 is 15.0 Å². The number of carbonyl (C=O) groups excluding carboxylic acids is 1. The molecule has 1 N–H and O–H groups in total. The van der Waals surface area contributed by atoms with E-state index in [1.165, 1.54) is 0 Å². The summed E-state index contributed by atoms with van der Waals surface area (Å²) >= 11 is 0. The van der Waals surface area contributed by atoms with E-state index in [-0.39, 0.29) is 17.6 Å². The Kier molecular flexibility index (Phi) is 5.61. The van der Waals surface area contributed by atoms with Crippen LogP contribution in [0.15, 0.2) is 29.2 Å². The minimum atomic E-state index is -3.50. The summed E-state index contributed by atoms with van der Waals surface area (Å²) in [5, 5.41) is 3.01. The van der Waals surface area contributed by atoms with Crippen molar-refractivity contribution in [1.82, 2.24) is 14.5 Å². The van der Waals surface area contributed by atoms with Crippen LogP contribution < -0.4 is 5.32 Å². The van der Waals surface area contributed by atoms with Crippen LogP contribution in [-0.2, 0) is 14.8 Å². The minimum absolute atomic E-state index is 0.0162. The Balaban J connectivity index is 1.45. The Morgan fingerprint density at radius 2 is 1.72 bits per heavy atom. The van der Waals surface area contributed by atoms with Crippen molar-refractivity contribution in [2.75, 3.05) is 32.8 Å². The van der Waals surface area contributed by atoms with Crippen molar-refractivity contribution < 1.29 is 17.9 Å². The number of urea groups is 1. The zero-order chi connectivity index (χ0) is 20.6. The highest BCUT2D eigenvalue weighted by Gasteiger charge is 2.50. The molecule has 1 spiro atoms. The van der Waals surface area contributed by atoms with E-state index in [4.69, 9.17) is 4.74 Å². The van der Waals surface area contributed by atoms with Gasteiger partial charge in [-0.15, -0.1) is 0 Å². The maximum Gasteiger partial charge on any atom is 0.318 e. The van der Waals surface area contributed by atoms with Crippen LogP contribution in [0.4, 0.5) is 4.79 Å². The van der Waals surface area contributed by atoms with E-state index in [0.29, 0.717) is 56.5 Å². The fourth-order valence-corrected chi connectivity index (χ4v) is 6.33. The molecule has 3 aliphatic rings. The molecular formula is C21H31N3O4S. The van der Waals surface area contributed by atoms with Gasteiger partial charge in [-0.25, -0.2) is 13.2 Å². The van der Waals surface area contributed by atoms with Gasteiger partial charge in [-0.05, 0) is 49.3 Å². The van der Waals surface area contributed by atoms with Gasteiger partial charge in [0.25, 0.3) is 0 Å². The zero-order valence-corrected chi connectivity index (χ0v) is 18.1. The van der Waals surface area contributed by atoms with Gasteiger partial charge >= 0.3 is 6.03 Å². The van der Waals surface area contributed by atoms with Crippen molar-refractivity contribution in [2.24, 2.45) is 0 Å². The lowest BCUT2D eigenvalue weighted by Crippen LogP contribution is -2.57. The van der Waals surface area contributed by atoms with Gasteiger partial charge in [0.05, 0.1) is 10.4 Å². The van der Waals surface area contributed by atoms with Crippen molar-refractivity contribution in [3.05, 3.63) is 29.8 Å². The van der Waals surface area contributed by atoms with Gasteiger partial charge in [0.2, 0.25) is 10.0 Å². The first-order chi connectivity index (χ1) is 13.8. The average Bonchev–Trinajstić information content (AvgIpc) is 3.04. The number of amides is 2. The molecule has 0 aromatic heterocycles. The number of nitrogens with one attached hydrogen (secondary N) is 1. The SMILES string of the molecule is CC(C)c1ccc(S(=O)(=O)N2CCC(N3C(=O)NCC34CCOCC4)CC2)cc1. The molecule has 0 bridgehead atoms. The number of hydrogen-bond donors (Lipinski definition) is 1. The molecule has 0 atom stereocenters. The molecule has 29 heavy (non-hydrogen) atoms. The van der Waals surface area contributed by atoms with Gasteiger partial charge in [-0.1, -0.05) is 26.0 Å². The summed E-state index contributed by atoms with van der Waals surface area (Å²) in [6.07, 6.45) is 3.01. The molecule has 0 saturated carbocycles. The topological polar surface area (TPSA) is 79.0 Å². The molecule has 1 aromatic rings. The van der Waals surface area contributed by atoms with E-state index >= 15 is 0 Å². The Morgan fingerprint density at radius 1 is 1.10 bits per heavy atom. The summed E-state index contributed by atoms with van der Waals surface area (Å²) in [4.78, 5) is 14.9. The number of piperidine rings is 1. The standard InChI is InChI=1S/C21H31N3O4S/c1-16(2)17-3-5-19(6-4-17)29(26,27)23-11-7-18(8-12-23)24-20(25)22-15-21(24)9-13-28-14-10-21/h3-6,16,18H,7-15H2,1-2H3,(H,22,25). The van der Waals surface area contributed by atoms with Crippen LogP contribution in [-0.4, -0.2) is 68.1 Å². The van der Waals surface area contributed by atoms with E-state index in [0.717, 1.165) is 18.4 Å². The van der Waals surface area contributed by atoms with Gasteiger partial charge in [-0.2, -0.15) is 4.31 Å². The molecule has 2 amide bonds. The second kappa shape index (κ2) is 7.89. The largest absolute Gasteiger partial charge is 0.381 e. The highest BCUT2D eigenvalue weighted by atomic mass is 32.2. The molecule has 3 heterocycles. The Hall–Kier alpha value is -1.64. The zero-order valence-electron chi connectivity index (χ0n) is 17.3. The van der Waals surface area contributed by atoms with Gasteiger partial charge in [-0.3, -0.25) is 0 Å². The smallest absolute Gasteiger partial charge is 0.318 e. The quantitative estimate of drug-likeness (QED) is 0.810. The van der Waals surface area contributed by atoms with Crippen molar-refractivity contribution in [2.45, 2.75) is 61.9 Å². The molecule has 0 unspecified atom stereocenters. The summed E-state index contributed by atoms with van der Waals surface area (Å²) in [7, 11) is -3.50. The highest BCUT2D eigenvalue weighted by Crippen LogP contribution is 2.36. The molecule has 0 aliphatic carbocycles. The van der Waals surface area contributed by atoms with Gasteiger partial charge in [0, 0.05) is 38.9 Å². The molecule has 3 saturated heterocycles. The Labute approximate surface area is 173 Å². The van der Waals surface area contributed by atoms with Crippen LogP contribution in [0.1, 0.15) is 51.0 Å². The third-order valence-electron chi connectivity index (χ3n) is 6.70. The van der Waals surface area contributed by atoms with Crippen molar-refractivity contribution in [3.63, 3.8) is 0 Å². The maximum absolute atomic E-state index is 13.1. The fraction of sp³-hybridized carbons (Fsp3) is 0.667. The van der Waals surface area contributed by atoms with Gasteiger partial charge in [0.1, 0.15) is 0 Å². The summed E-state index contributed by atoms with van der Waals surface area (Å²) in [5.74, 6) is 0.367. The number of hydrogen-bond acceptors (Lipinski definition) is 4. The molecule has 8 heteroatoms. The van der Waals surface area contributed by atoms with Crippen LogP contribution in [0, 0.1) is 0 Å². The number of ether oxygens (including phenoxy) is 1. The van der Waals surface area contributed by atoms with Crippen molar-refractivity contribution in [3.8, 4) is 0 Å². The van der Waals surface area contributed by atoms with Crippen molar-refractivity contribution in [1.29, 1.82) is 0 Å². The van der Waals surface area contributed by atoms with E-state index < -0.39 is 10.0 Å². The molecular weight excluding hydrogens is 390 g/mol. The van der Waals surface area contributed by atoms with E-state index in [2.05, 4.69) is 19.2 Å². The van der Waals surface area contributed by atoms with Crippen LogP contribution in [0.3, 0.4) is 0 Å². The second-order valence-electron chi connectivity index (χ2n) is 8.72. The predicted molar refractivity (Wildman–Crippen MR) is 110 cm³/mol. The molecule has 3 aliphatic heterocycles. The van der Waals surface area contributed by atoms with E-state index in [1.807, 2.05) is 17.0 Å². The number of nitrogens with zero attached hydrogens (tertiary/aromatic N) is 2. The minimum Gasteiger partial charge on any atom is -0.381 e. The Morgan fingerprint density at radius 3 is 2.31 bits per heavy atom. The van der Waals surface area contributed by atoms with E-state index in [1.54, 1.807) is 16.4 Å². The fourth-order valence-electron chi connectivity index (χ4n) is 4.86. The number of benzene rings is 1. The molecule has 1 aromatic carbocycles. The monoisotopic (exact) mass is 421 g/mol. The first kappa shape index (κ1) is 20.6. The second-order valence-corrected chi connectivity index (χ2v) is 10.7.